The molecule has 0 amide bonds. The van der Waals surface area contributed by atoms with E-state index in [0.29, 0.717) is 52.4 Å². The number of aromatic nitrogens is 2. The van der Waals surface area contributed by atoms with Crippen molar-refractivity contribution in [2.24, 2.45) is 0 Å². The normalized spacial score (nSPS) is 20.2. The molecule has 2 aliphatic carbocycles. The summed E-state index contributed by atoms with van der Waals surface area (Å²) < 4.78 is 15.5. The molecule has 0 bridgehead atoms. The minimum Gasteiger partial charge on any atom is -0.494 e. The van der Waals surface area contributed by atoms with Crippen LogP contribution in [-0.4, -0.2) is 47.9 Å². The molecule has 52 heavy (non-hydrogen) atoms. The first kappa shape index (κ1) is 34.9. The zero-order valence-corrected chi connectivity index (χ0v) is 29.9. The first-order chi connectivity index (χ1) is 25.1. The van der Waals surface area contributed by atoms with Crippen LogP contribution in [0.4, 0.5) is 0 Å². The van der Waals surface area contributed by atoms with Gasteiger partial charge < -0.3 is 35.0 Å². The Bertz CT molecular complexity index is 1980. The van der Waals surface area contributed by atoms with Crippen molar-refractivity contribution in [2.75, 3.05) is 13.2 Å². The fourth-order valence-corrected chi connectivity index (χ4v) is 7.89. The van der Waals surface area contributed by atoms with Crippen molar-refractivity contribution in [3.8, 4) is 35.0 Å². The average Bonchev–Trinajstić information content (AvgIpc) is 3.59. The highest BCUT2D eigenvalue weighted by atomic mass is 16.5. The predicted molar refractivity (Wildman–Crippen MR) is 200 cm³/mol. The smallest absolute Gasteiger partial charge is 0.198 e. The highest BCUT2D eigenvalue weighted by molar-refractivity contribution is 5.56. The van der Waals surface area contributed by atoms with E-state index in [0.717, 1.165) is 11.1 Å². The zero-order chi connectivity index (χ0) is 36.7. The highest BCUT2D eigenvalue weighted by Crippen LogP contribution is 2.48. The molecule has 0 radical (unpaired) electrons. The third-order valence-electron chi connectivity index (χ3n) is 10.7. The Morgan fingerprint density at radius 3 is 1.27 bits per heavy atom. The van der Waals surface area contributed by atoms with Crippen LogP contribution in [-0.2, 0) is 18.7 Å². The summed E-state index contributed by atoms with van der Waals surface area (Å²) in [5.74, 6) is 1.04. The minimum absolute atomic E-state index is 0.0226. The van der Waals surface area contributed by atoms with Gasteiger partial charge in [0.2, 0.25) is 0 Å². The van der Waals surface area contributed by atoms with Gasteiger partial charge in [-0.3, -0.25) is 9.13 Å². The average molecular weight is 703 g/mol. The Kier molecular flexibility index (Phi) is 9.31. The summed E-state index contributed by atoms with van der Waals surface area (Å²) >= 11 is 0. The van der Waals surface area contributed by atoms with E-state index in [1.54, 1.807) is 0 Å². The van der Waals surface area contributed by atoms with Crippen molar-refractivity contribution in [3.63, 3.8) is 0 Å². The minimum atomic E-state index is -1.48. The van der Waals surface area contributed by atoms with Crippen LogP contribution < -0.4 is 9.47 Å². The lowest BCUT2D eigenvalue weighted by Crippen LogP contribution is -2.28. The predicted octanol–water partition coefficient (Wildman–Crippen LogP) is 8.11. The van der Waals surface area contributed by atoms with Crippen molar-refractivity contribution in [3.05, 3.63) is 142 Å². The molecule has 4 atom stereocenters. The third-order valence-corrected chi connectivity index (χ3v) is 10.7. The Morgan fingerprint density at radius 1 is 0.519 bits per heavy atom. The highest BCUT2D eigenvalue weighted by Gasteiger charge is 2.36. The largest absolute Gasteiger partial charge is 0.494 e. The Hall–Kier alpha value is -5.54. The quantitative estimate of drug-likeness (QED) is 0.0695. The second-order valence-electron chi connectivity index (χ2n) is 13.7. The lowest BCUT2D eigenvalue weighted by molar-refractivity contribution is 0.125. The molecule has 2 aromatic heterocycles. The third kappa shape index (κ3) is 5.79. The number of hydrogen-bond donors (Lipinski definition) is 5. The molecule has 5 N–H and O–H groups in total. The zero-order valence-electron chi connectivity index (χ0n) is 29.9. The molecule has 0 aliphatic heterocycles. The molecule has 3 aromatic carbocycles. The van der Waals surface area contributed by atoms with Crippen LogP contribution in [0.5, 0.6) is 35.0 Å². The van der Waals surface area contributed by atoms with Crippen LogP contribution in [0, 0.1) is 0 Å². The molecule has 2 heterocycles. The second kappa shape index (κ2) is 13.9. The SMILES string of the molecule is CCn1c(O)c2c(c1O)C(COc1ccc(C(O)(c3ccccc3)c3ccc(OCC4C=CC(C)c5c4c(O)n(CC)c5O)cc3)cc1)C=CC2C. The fraction of sp³-hybridized carbons (Fsp3) is 0.302. The van der Waals surface area contributed by atoms with Crippen molar-refractivity contribution in [2.45, 2.75) is 70.1 Å². The van der Waals surface area contributed by atoms with E-state index in [1.807, 2.05) is 131 Å². The molecule has 0 fully saturated rings. The summed E-state index contributed by atoms with van der Waals surface area (Å²) in [6.07, 6.45) is 8.09. The van der Waals surface area contributed by atoms with Crippen LogP contribution in [0.2, 0.25) is 0 Å². The molecule has 9 heteroatoms. The number of ether oxygens (including phenoxy) is 2. The van der Waals surface area contributed by atoms with Crippen molar-refractivity contribution in [1.82, 2.24) is 9.13 Å². The maximum absolute atomic E-state index is 12.5. The standard InChI is InChI=1S/C43H46N2O7/c1-5-44-39(46)35-26(3)12-14-28(37(35)41(44)48)24-51-33-20-16-31(17-21-33)43(50,30-10-8-7-9-11-30)32-18-22-34(23-19-32)52-25-29-15-13-27(4)36-38(29)42(49)45(6-2)40(36)47/h7-23,26-29,46-50H,5-6,24-25H2,1-4H3. The van der Waals surface area contributed by atoms with E-state index >= 15 is 0 Å². The van der Waals surface area contributed by atoms with Gasteiger partial charge in [0.05, 0.1) is 13.2 Å². The van der Waals surface area contributed by atoms with Crippen molar-refractivity contribution >= 4 is 0 Å². The van der Waals surface area contributed by atoms with Gasteiger partial charge >= 0.3 is 0 Å². The van der Waals surface area contributed by atoms with Gasteiger partial charge in [-0.25, -0.2) is 0 Å². The summed E-state index contributed by atoms with van der Waals surface area (Å²) in [6.45, 7) is 9.19. The maximum atomic E-state index is 12.5. The number of allylic oxidation sites excluding steroid dienone is 2. The molecule has 9 nitrogen and oxygen atoms in total. The van der Waals surface area contributed by atoms with Crippen LogP contribution in [0.1, 0.15) is 90.3 Å². The number of rotatable bonds is 11. The first-order valence-corrected chi connectivity index (χ1v) is 18.0. The number of benzene rings is 3. The van der Waals surface area contributed by atoms with E-state index in [-0.39, 0.29) is 60.4 Å². The van der Waals surface area contributed by atoms with E-state index < -0.39 is 5.60 Å². The molecule has 0 spiro atoms. The Labute approximate surface area is 304 Å². The van der Waals surface area contributed by atoms with Crippen LogP contribution in [0.15, 0.2) is 103 Å². The monoisotopic (exact) mass is 702 g/mol. The summed E-state index contributed by atoms with van der Waals surface area (Å²) in [5, 5.41) is 55.9. The first-order valence-electron chi connectivity index (χ1n) is 18.0. The number of hydrogen-bond acceptors (Lipinski definition) is 7. The molecule has 0 saturated heterocycles. The van der Waals surface area contributed by atoms with E-state index in [2.05, 4.69) is 0 Å². The topological polar surface area (TPSA) is 129 Å². The number of aromatic hydroxyl groups is 4. The summed E-state index contributed by atoms with van der Waals surface area (Å²) in [7, 11) is 0. The Balaban J connectivity index is 1.10. The van der Waals surface area contributed by atoms with E-state index in [4.69, 9.17) is 9.47 Å². The summed E-state index contributed by atoms with van der Waals surface area (Å²) in [5.41, 5.74) is 3.38. The second-order valence-corrected chi connectivity index (χ2v) is 13.7. The summed E-state index contributed by atoms with van der Waals surface area (Å²) in [6, 6.07) is 24.2. The fourth-order valence-electron chi connectivity index (χ4n) is 7.89. The molecule has 270 valence electrons. The van der Waals surface area contributed by atoms with Crippen molar-refractivity contribution < 1.29 is 35.0 Å². The molecular formula is C43H46N2O7. The van der Waals surface area contributed by atoms with Crippen LogP contribution in [0.25, 0.3) is 0 Å². The van der Waals surface area contributed by atoms with E-state index in [9.17, 15) is 25.5 Å². The van der Waals surface area contributed by atoms with Crippen LogP contribution >= 0.6 is 0 Å². The Morgan fingerprint density at radius 2 is 0.885 bits per heavy atom. The van der Waals surface area contributed by atoms with Gasteiger partial charge in [0.15, 0.2) is 23.5 Å². The number of aliphatic hydroxyl groups is 1. The molecule has 2 aliphatic rings. The van der Waals surface area contributed by atoms with Gasteiger partial charge in [0, 0.05) is 59.0 Å². The van der Waals surface area contributed by atoms with Gasteiger partial charge in [0.1, 0.15) is 17.1 Å². The van der Waals surface area contributed by atoms with Gasteiger partial charge in [-0.05, 0) is 54.8 Å². The van der Waals surface area contributed by atoms with Gasteiger partial charge in [0.25, 0.3) is 0 Å². The van der Waals surface area contributed by atoms with Gasteiger partial charge in [-0.15, -0.1) is 0 Å². The summed E-state index contributed by atoms with van der Waals surface area (Å²) in [4.78, 5) is 0. The maximum Gasteiger partial charge on any atom is 0.198 e. The molecule has 0 saturated carbocycles. The van der Waals surface area contributed by atoms with Gasteiger partial charge in [-0.2, -0.15) is 0 Å². The molecule has 5 aromatic rings. The lowest BCUT2D eigenvalue weighted by atomic mass is 9.80. The van der Waals surface area contributed by atoms with Crippen LogP contribution in [0.3, 0.4) is 0 Å². The number of nitrogens with zero attached hydrogens (tertiary/aromatic N) is 2. The van der Waals surface area contributed by atoms with E-state index in [1.165, 1.54) is 9.13 Å². The lowest BCUT2D eigenvalue weighted by Gasteiger charge is -2.30. The molecule has 4 unspecified atom stereocenters. The molecule has 7 rings (SSSR count). The number of fused-ring (bicyclic) bond motifs is 2. The van der Waals surface area contributed by atoms with Crippen molar-refractivity contribution in [1.29, 1.82) is 0 Å². The van der Waals surface area contributed by atoms with Gasteiger partial charge in [-0.1, -0.05) is 92.7 Å². The molecular weight excluding hydrogens is 656 g/mol.